The quantitative estimate of drug-likeness (QED) is 0.678. The predicted molar refractivity (Wildman–Crippen MR) is 49.7 cm³/mol. The van der Waals surface area contributed by atoms with E-state index >= 15 is 0 Å². The minimum absolute atomic E-state index is 0. The topological polar surface area (TPSA) is 29.1 Å². The molecule has 0 aliphatic carbocycles. The summed E-state index contributed by atoms with van der Waals surface area (Å²) in [4.78, 5) is 11.0. The van der Waals surface area contributed by atoms with Crippen molar-refractivity contribution in [1.82, 2.24) is 5.32 Å². The third-order valence-corrected chi connectivity index (χ3v) is 1.33. The van der Waals surface area contributed by atoms with E-state index in [1.165, 1.54) is 0 Å². The Labute approximate surface area is 70.4 Å². The molecule has 2 heteroatoms. The number of ketones is 1. The molecule has 0 aliphatic rings. The normalized spacial score (nSPS) is 10.0. The number of hydrogen-bond donors (Lipinski definition) is 1. The van der Waals surface area contributed by atoms with Gasteiger partial charge in [-0.05, 0) is 0 Å². The summed E-state index contributed by atoms with van der Waals surface area (Å²) in [5.41, 5.74) is 0. The van der Waals surface area contributed by atoms with Gasteiger partial charge in [-0.2, -0.15) is 0 Å². The fourth-order valence-corrected chi connectivity index (χ4v) is 0.509. The van der Waals surface area contributed by atoms with E-state index in [0.717, 1.165) is 0 Å². The van der Waals surface area contributed by atoms with Crippen LogP contribution in [0, 0.1) is 5.92 Å². The van der Waals surface area contributed by atoms with Gasteiger partial charge >= 0.3 is 0 Å². The molecule has 0 aromatic carbocycles. The summed E-state index contributed by atoms with van der Waals surface area (Å²) in [6.07, 6.45) is 0. The van der Waals surface area contributed by atoms with Crippen LogP contribution in [-0.2, 0) is 4.79 Å². The van der Waals surface area contributed by atoms with E-state index < -0.39 is 0 Å². The Morgan fingerprint density at radius 1 is 1.27 bits per heavy atom. The van der Waals surface area contributed by atoms with E-state index in [1.54, 1.807) is 0 Å². The lowest BCUT2D eigenvalue weighted by Crippen LogP contribution is -2.31. The smallest absolute Gasteiger partial charge is 0.149 e. The lowest BCUT2D eigenvalue weighted by molar-refractivity contribution is -0.121. The molecule has 0 saturated heterocycles. The average Bonchev–Trinajstić information content (AvgIpc) is 1.82. The minimum Gasteiger partial charge on any atom is -0.308 e. The third-order valence-electron chi connectivity index (χ3n) is 1.33. The van der Waals surface area contributed by atoms with Gasteiger partial charge in [0.1, 0.15) is 5.78 Å². The van der Waals surface area contributed by atoms with Crippen molar-refractivity contribution in [2.24, 2.45) is 5.92 Å². The highest BCUT2D eigenvalue weighted by molar-refractivity contribution is 5.82. The van der Waals surface area contributed by atoms with E-state index in [2.05, 4.69) is 5.32 Å². The molecule has 0 aliphatic heterocycles. The van der Waals surface area contributed by atoms with Crippen molar-refractivity contribution >= 4 is 5.78 Å². The Bertz CT molecular complexity index is 108. The van der Waals surface area contributed by atoms with Crippen molar-refractivity contribution in [3.05, 3.63) is 0 Å². The van der Waals surface area contributed by atoms with E-state index in [-0.39, 0.29) is 19.1 Å². The van der Waals surface area contributed by atoms with Crippen molar-refractivity contribution < 1.29 is 4.79 Å². The predicted octanol–water partition coefficient (Wildman–Crippen LogP) is 1.85. The largest absolute Gasteiger partial charge is 0.308 e. The van der Waals surface area contributed by atoms with Gasteiger partial charge in [0, 0.05) is 12.0 Å². The van der Waals surface area contributed by atoms with Gasteiger partial charge in [0.25, 0.3) is 0 Å². The average molecular weight is 159 g/mol. The van der Waals surface area contributed by atoms with Gasteiger partial charge < -0.3 is 5.32 Å². The molecule has 0 saturated carbocycles. The van der Waals surface area contributed by atoms with E-state index in [1.807, 2.05) is 27.7 Å². The maximum Gasteiger partial charge on any atom is 0.149 e. The first kappa shape index (κ1) is 13.2. The van der Waals surface area contributed by atoms with Crippen LogP contribution in [0.15, 0.2) is 0 Å². The van der Waals surface area contributed by atoms with Gasteiger partial charge in [-0.25, -0.2) is 0 Å². The molecule has 0 rings (SSSR count). The SMILES string of the molecule is C.CC(C)NCC(=O)C(C)C. The molecule has 0 unspecified atom stereocenters. The van der Waals surface area contributed by atoms with Gasteiger partial charge in [0.2, 0.25) is 0 Å². The first-order chi connectivity index (χ1) is 4.54. The van der Waals surface area contributed by atoms with Gasteiger partial charge in [-0.3, -0.25) is 4.79 Å². The summed E-state index contributed by atoms with van der Waals surface area (Å²) in [5.74, 6) is 0.444. The molecule has 2 nitrogen and oxygen atoms in total. The molecule has 68 valence electrons. The van der Waals surface area contributed by atoms with E-state index in [9.17, 15) is 4.79 Å². The monoisotopic (exact) mass is 159 g/mol. The van der Waals surface area contributed by atoms with Crippen LogP contribution in [-0.4, -0.2) is 18.4 Å². The zero-order valence-electron chi connectivity index (χ0n) is 7.27. The van der Waals surface area contributed by atoms with Crippen LogP contribution in [0.25, 0.3) is 0 Å². The number of Topliss-reactive ketones (excluding diaryl/α,β-unsaturated/α-hetero) is 1. The Hall–Kier alpha value is -0.370. The third kappa shape index (κ3) is 7.53. The summed E-state index contributed by atoms with van der Waals surface area (Å²) in [6, 6.07) is 0.405. The van der Waals surface area contributed by atoms with Gasteiger partial charge in [0.15, 0.2) is 0 Å². The Morgan fingerprint density at radius 3 is 2.00 bits per heavy atom. The van der Waals surface area contributed by atoms with Crippen LogP contribution in [0.5, 0.6) is 0 Å². The number of nitrogens with one attached hydrogen (secondary N) is 1. The summed E-state index contributed by atoms with van der Waals surface area (Å²) >= 11 is 0. The molecule has 0 atom stereocenters. The van der Waals surface area contributed by atoms with Crippen LogP contribution in [0.2, 0.25) is 0 Å². The van der Waals surface area contributed by atoms with Gasteiger partial charge in [-0.1, -0.05) is 35.1 Å². The van der Waals surface area contributed by atoms with Crippen LogP contribution in [0.4, 0.5) is 0 Å². The van der Waals surface area contributed by atoms with Gasteiger partial charge in [-0.15, -0.1) is 0 Å². The lowest BCUT2D eigenvalue weighted by Gasteiger charge is -2.08. The van der Waals surface area contributed by atoms with Crippen molar-refractivity contribution in [2.45, 2.75) is 41.2 Å². The molecule has 1 N–H and O–H groups in total. The Morgan fingerprint density at radius 2 is 1.73 bits per heavy atom. The summed E-state index contributed by atoms with van der Waals surface area (Å²) in [7, 11) is 0. The molecule has 0 fully saturated rings. The second-order valence-corrected chi connectivity index (χ2v) is 3.16. The maximum absolute atomic E-state index is 11.0. The molecule has 0 spiro atoms. The van der Waals surface area contributed by atoms with E-state index in [0.29, 0.717) is 12.6 Å². The standard InChI is InChI=1S/C8H17NO.CH4/c1-6(2)8(10)5-9-7(3)4;/h6-7,9H,5H2,1-4H3;1H4. The molecular weight excluding hydrogens is 138 g/mol. The fraction of sp³-hybridized carbons (Fsp3) is 0.889. The maximum atomic E-state index is 11.0. The van der Waals surface area contributed by atoms with Crippen LogP contribution in [0.3, 0.4) is 0 Å². The molecule has 0 heterocycles. The van der Waals surface area contributed by atoms with Crippen molar-refractivity contribution in [3.63, 3.8) is 0 Å². The zero-order valence-corrected chi connectivity index (χ0v) is 7.27. The second kappa shape index (κ2) is 6.35. The number of carbonyl (C=O) groups excluding carboxylic acids is 1. The van der Waals surface area contributed by atoms with Crippen LogP contribution >= 0.6 is 0 Å². The zero-order chi connectivity index (χ0) is 8.15. The molecule has 11 heavy (non-hydrogen) atoms. The first-order valence-corrected chi connectivity index (χ1v) is 3.80. The fourth-order valence-electron chi connectivity index (χ4n) is 0.509. The highest BCUT2D eigenvalue weighted by Crippen LogP contribution is 1.92. The number of hydrogen-bond acceptors (Lipinski definition) is 2. The summed E-state index contributed by atoms with van der Waals surface area (Å²) in [5, 5.41) is 3.08. The number of rotatable bonds is 4. The van der Waals surface area contributed by atoms with Crippen molar-refractivity contribution in [3.8, 4) is 0 Å². The molecule has 0 bridgehead atoms. The molecule has 0 aromatic heterocycles. The van der Waals surface area contributed by atoms with Crippen molar-refractivity contribution in [2.75, 3.05) is 6.54 Å². The summed E-state index contributed by atoms with van der Waals surface area (Å²) in [6.45, 7) is 8.42. The van der Waals surface area contributed by atoms with Gasteiger partial charge in [0.05, 0.1) is 6.54 Å². The molecular formula is C9H21NO. The molecule has 0 radical (unpaired) electrons. The second-order valence-electron chi connectivity index (χ2n) is 3.16. The molecule has 0 aromatic rings. The lowest BCUT2D eigenvalue weighted by atomic mass is 10.1. The van der Waals surface area contributed by atoms with Crippen LogP contribution < -0.4 is 5.32 Å². The van der Waals surface area contributed by atoms with Crippen molar-refractivity contribution in [1.29, 1.82) is 0 Å². The first-order valence-electron chi connectivity index (χ1n) is 3.80. The Balaban J connectivity index is 0. The minimum atomic E-state index is 0. The molecule has 0 amide bonds. The van der Waals surface area contributed by atoms with Crippen LogP contribution in [0.1, 0.15) is 35.1 Å². The van der Waals surface area contributed by atoms with E-state index in [4.69, 9.17) is 0 Å². The highest BCUT2D eigenvalue weighted by Gasteiger charge is 2.05. The number of carbonyl (C=O) groups is 1. The Kier molecular flexibility index (Phi) is 7.64. The highest BCUT2D eigenvalue weighted by atomic mass is 16.1. The summed E-state index contributed by atoms with van der Waals surface area (Å²) < 4.78 is 0.